The van der Waals surface area contributed by atoms with E-state index in [-0.39, 0.29) is 48.8 Å². The number of carbonyl (C=O) groups excluding carboxylic acids is 2. The largest absolute Gasteiger partial charge is 0.458 e. The van der Waals surface area contributed by atoms with E-state index in [1.54, 1.807) is 11.3 Å². The predicted molar refractivity (Wildman–Crippen MR) is 216 cm³/mol. The number of fused-ring (bicyclic) bond motifs is 1. The van der Waals surface area contributed by atoms with Crippen molar-refractivity contribution in [1.82, 2.24) is 9.88 Å². The number of hydrogen-bond donors (Lipinski definition) is 1. The highest BCUT2D eigenvalue weighted by Gasteiger charge is 2.50. The number of thiazole rings is 1. The van der Waals surface area contributed by atoms with Crippen LogP contribution in [0, 0.1) is 24.2 Å². The zero-order valence-corrected chi connectivity index (χ0v) is 37.0. The van der Waals surface area contributed by atoms with E-state index in [2.05, 4.69) is 65.3 Å². The van der Waals surface area contributed by atoms with Crippen molar-refractivity contribution >= 4 is 45.8 Å². The van der Waals surface area contributed by atoms with Gasteiger partial charge >= 0.3 is 5.97 Å². The molecule has 2 saturated heterocycles. The number of Topliss-reactive ketones (excluding diaryl/α,β-unsaturated/α-hetero) is 1. The second-order valence-corrected chi connectivity index (χ2v) is 26.7. The Labute approximate surface area is 316 Å². The number of cyclic esters (lactones) is 1. The molecule has 0 aliphatic carbocycles. The molecule has 2 fully saturated rings. The van der Waals surface area contributed by atoms with Crippen molar-refractivity contribution in [2.75, 3.05) is 13.2 Å². The molecule has 0 spiro atoms. The lowest BCUT2D eigenvalue weighted by molar-refractivity contribution is -0.153. The Morgan fingerprint density at radius 2 is 1.59 bits per heavy atom. The second-order valence-electron chi connectivity index (χ2n) is 16.2. The SMILES string of the molecule is CC[Si](CC)(CC)O[C@H]1[C@@H](C)CCCC2C(C[C@@H](/C(C)=C/c3csc(C)n3)OC(=O)C[C@H](O[Si](CC)(CC)CC)C(C)(C)C(=O)[C@@H]1C)[N@]2CCO. The zero-order valence-electron chi connectivity index (χ0n) is 34.2. The fourth-order valence-electron chi connectivity index (χ4n) is 8.62. The van der Waals surface area contributed by atoms with Crippen LogP contribution in [0.2, 0.25) is 36.3 Å². The minimum atomic E-state index is -2.23. The molecule has 0 aromatic carbocycles. The fourth-order valence-corrected chi connectivity index (χ4v) is 15.2. The van der Waals surface area contributed by atoms with Gasteiger partial charge in [0.05, 0.1) is 35.9 Å². The smallest absolute Gasteiger partial charge is 0.309 e. The van der Waals surface area contributed by atoms with Gasteiger partial charge in [0.25, 0.3) is 0 Å². The van der Waals surface area contributed by atoms with Crippen molar-refractivity contribution in [1.29, 1.82) is 0 Å². The van der Waals surface area contributed by atoms with Crippen molar-refractivity contribution in [2.24, 2.45) is 17.3 Å². The van der Waals surface area contributed by atoms with Crippen LogP contribution in [0.25, 0.3) is 6.08 Å². The number of esters is 1. The van der Waals surface area contributed by atoms with E-state index in [0.717, 1.165) is 71.8 Å². The van der Waals surface area contributed by atoms with E-state index in [1.807, 2.05) is 39.2 Å². The van der Waals surface area contributed by atoms with Gasteiger partial charge in [0.1, 0.15) is 11.9 Å². The van der Waals surface area contributed by atoms with Gasteiger partial charge in [0, 0.05) is 41.8 Å². The first-order valence-electron chi connectivity index (χ1n) is 20.2. The van der Waals surface area contributed by atoms with Crippen LogP contribution in [0.4, 0.5) is 0 Å². The maximum absolute atomic E-state index is 15.0. The molecule has 51 heavy (non-hydrogen) atoms. The highest BCUT2D eigenvalue weighted by atomic mass is 32.1. The molecule has 1 aromatic heterocycles. The lowest BCUT2D eigenvalue weighted by atomic mass is 9.73. The van der Waals surface area contributed by atoms with Crippen molar-refractivity contribution in [2.45, 2.75) is 182 Å². The van der Waals surface area contributed by atoms with Gasteiger partial charge < -0.3 is 18.7 Å². The maximum atomic E-state index is 15.0. The summed E-state index contributed by atoms with van der Waals surface area (Å²) < 4.78 is 20.9. The molecular weight excluding hydrogens is 693 g/mol. The molecular formula is C40H72N2O6SSi2. The first-order valence-corrected chi connectivity index (χ1v) is 26.1. The minimum Gasteiger partial charge on any atom is -0.458 e. The van der Waals surface area contributed by atoms with Gasteiger partial charge in [-0.3, -0.25) is 14.5 Å². The predicted octanol–water partition coefficient (Wildman–Crippen LogP) is 9.42. The van der Waals surface area contributed by atoms with Crippen molar-refractivity contribution in [3.8, 4) is 0 Å². The highest BCUT2D eigenvalue weighted by Crippen LogP contribution is 2.42. The summed E-state index contributed by atoms with van der Waals surface area (Å²) in [6.45, 7) is 26.4. The number of nitrogens with zero attached hydrogens (tertiary/aromatic N) is 2. The van der Waals surface area contributed by atoms with E-state index in [4.69, 9.17) is 13.6 Å². The molecule has 2 unspecified atom stereocenters. The second kappa shape index (κ2) is 19.4. The van der Waals surface area contributed by atoms with E-state index in [0.29, 0.717) is 19.0 Å². The summed E-state index contributed by atoms with van der Waals surface area (Å²) in [5.41, 5.74) is 0.896. The van der Waals surface area contributed by atoms with E-state index in [9.17, 15) is 14.7 Å². The van der Waals surface area contributed by atoms with Crippen LogP contribution in [-0.2, 0) is 23.2 Å². The summed E-state index contributed by atoms with van der Waals surface area (Å²) >= 11 is 1.60. The van der Waals surface area contributed by atoms with Gasteiger partial charge in [-0.15, -0.1) is 11.3 Å². The van der Waals surface area contributed by atoms with Crippen LogP contribution < -0.4 is 0 Å². The van der Waals surface area contributed by atoms with E-state index < -0.39 is 34.3 Å². The number of hydrogen-bond acceptors (Lipinski definition) is 9. The lowest BCUT2D eigenvalue weighted by Gasteiger charge is -2.44. The van der Waals surface area contributed by atoms with Crippen LogP contribution in [0.15, 0.2) is 11.0 Å². The first kappa shape index (κ1) is 44.2. The van der Waals surface area contributed by atoms with E-state index >= 15 is 0 Å². The molecule has 2 aliphatic heterocycles. The van der Waals surface area contributed by atoms with Crippen LogP contribution in [0.3, 0.4) is 0 Å². The quantitative estimate of drug-likeness (QED) is 0.114. The van der Waals surface area contributed by atoms with Crippen molar-refractivity contribution in [3.05, 3.63) is 21.7 Å². The number of rotatable bonds is 14. The first-order chi connectivity index (χ1) is 24.1. The topological polar surface area (TPSA) is 98.0 Å². The maximum Gasteiger partial charge on any atom is 0.309 e. The highest BCUT2D eigenvalue weighted by molar-refractivity contribution is 7.09. The number of β-amino-alcohol motifs (C(OH)–C–C–N with tert-alkyl or cyclic N) is 1. The van der Waals surface area contributed by atoms with Gasteiger partial charge in [-0.05, 0) is 80.5 Å². The molecule has 1 aromatic rings. The normalized spacial score (nSPS) is 30.2. The van der Waals surface area contributed by atoms with Gasteiger partial charge in [-0.25, -0.2) is 4.98 Å². The van der Waals surface area contributed by atoms with Crippen LogP contribution in [-0.4, -0.2) is 86.9 Å². The third-order valence-corrected chi connectivity index (χ3v) is 23.0. The monoisotopic (exact) mass is 764 g/mol. The molecule has 0 radical (unpaired) electrons. The molecule has 292 valence electrons. The molecule has 3 rings (SSSR count). The summed E-state index contributed by atoms with van der Waals surface area (Å²) in [4.78, 5) is 36.2. The average molecular weight is 765 g/mol. The Morgan fingerprint density at radius 3 is 2.12 bits per heavy atom. The van der Waals surface area contributed by atoms with Crippen LogP contribution in [0.5, 0.6) is 0 Å². The van der Waals surface area contributed by atoms with Gasteiger partial charge in [0.2, 0.25) is 0 Å². The fraction of sp³-hybridized carbons (Fsp3) is 0.825. The summed E-state index contributed by atoms with van der Waals surface area (Å²) in [5.74, 6) is -0.362. The van der Waals surface area contributed by atoms with Gasteiger partial charge in [-0.2, -0.15) is 0 Å². The molecule has 3 heterocycles. The van der Waals surface area contributed by atoms with Crippen molar-refractivity contribution < 1.29 is 28.3 Å². The van der Waals surface area contributed by atoms with E-state index in [1.165, 1.54) is 0 Å². The number of aryl methyl sites for hydroxylation is 1. The number of carbonyl (C=O) groups is 2. The Balaban J connectivity index is 2.11. The Morgan fingerprint density at radius 1 is 1.00 bits per heavy atom. The molecule has 0 bridgehead atoms. The Kier molecular flexibility index (Phi) is 16.8. The Hall–Kier alpha value is -1.22. The number of ether oxygens (including phenoxy) is 1. The van der Waals surface area contributed by atoms with Gasteiger partial charge in [0.15, 0.2) is 16.6 Å². The van der Waals surface area contributed by atoms with Crippen LogP contribution in [0.1, 0.15) is 119 Å². The Bertz CT molecular complexity index is 1280. The third-order valence-electron chi connectivity index (χ3n) is 12.9. The molecule has 11 heteroatoms. The number of aromatic nitrogens is 1. The van der Waals surface area contributed by atoms with Crippen molar-refractivity contribution in [3.63, 3.8) is 0 Å². The minimum absolute atomic E-state index is 0.0207. The zero-order chi connectivity index (χ0) is 38.1. The summed E-state index contributed by atoms with van der Waals surface area (Å²) in [6, 6.07) is 6.39. The van der Waals surface area contributed by atoms with Gasteiger partial charge in [-0.1, -0.05) is 75.7 Å². The third kappa shape index (κ3) is 10.9. The lowest BCUT2D eigenvalue weighted by Crippen LogP contribution is -2.53. The summed E-state index contributed by atoms with van der Waals surface area (Å²) in [7, 11) is -4.27. The standard InChI is InChI=1S/C40H72N2O6SSi2/c1-13-50(14-2,15-3)47-36-26-37(44)46-35(29(8)24-32-27-49-31(10)41-32)25-34-33(42(34)22-23-43)21-19-20-28(7)38(30(9)39(45)40(36,11)12)48-51(16-4,17-5)18-6/h24,27-28,30,33-36,38,43H,13-23,25-26H2,1-12H3/b29-24+/t28-,30+,33?,34?,35-,36-,38-,42+/m0/s1. The summed E-state index contributed by atoms with van der Waals surface area (Å²) in [5, 5.41) is 13.0. The molecule has 0 amide bonds. The number of aliphatic hydroxyl groups excluding tert-OH is 1. The molecule has 8 atom stereocenters. The molecule has 8 nitrogen and oxygen atoms in total. The van der Waals surface area contributed by atoms with Crippen LogP contribution >= 0.6 is 11.3 Å². The number of aliphatic hydroxyl groups is 1. The molecule has 1 N–H and O–H groups in total. The summed E-state index contributed by atoms with van der Waals surface area (Å²) in [6.07, 6.45) is 4.45. The number of ketones is 1. The molecule has 2 aliphatic rings. The average Bonchev–Trinajstić information content (AvgIpc) is 3.57. The molecule has 0 saturated carbocycles.